The van der Waals surface area contributed by atoms with E-state index in [0.29, 0.717) is 49.7 Å². The van der Waals surface area contributed by atoms with Crippen molar-refractivity contribution in [3.05, 3.63) is 70.0 Å². The second-order valence-electron chi connectivity index (χ2n) is 12.9. The van der Waals surface area contributed by atoms with Gasteiger partial charge in [0.1, 0.15) is 30.0 Å². The molecule has 226 valence electrons. The summed E-state index contributed by atoms with van der Waals surface area (Å²) in [5.74, 6) is 1.02. The lowest BCUT2D eigenvalue weighted by Crippen LogP contribution is -2.62. The van der Waals surface area contributed by atoms with Crippen molar-refractivity contribution in [1.29, 1.82) is 0 Å². The van der Waals surface area contributed by atoms with Gasteiger partial charge < -0.3 is 19.8 Å². The minimum Gasteiger partial charge on any atom is -0.507 e. The first-order chi connectivity index (χ1) is 19.1. The van der Waals surface area contributed by atoms with Crippen molar-refractivity contribution in [2.75, 3.05) is 13.2 Å². The van der Waals surface area contributed by atoms with Gasteiger partial charge in [0.05, 0.1) is 0 Å². The second-order valence-corrected chi connectivity index (χ2v) is 12.9. The number of hydrogen-bond donors (Lipinski definition) is 2. The molecule has 1 heterocycles. The molecule has 2 N–H and O–H groups in total. The molecule has 0 atom stereocenters. The number of phenolic OH excluding ortho intramolecular Hbond substituents is 2. The summed E-state index contributed by atoms with van der Waals surface area (Å²) in [4.78, 5) is 26.4. The first kappa shape index (κ1) is 32.5. The van der Waals surface area contributed by atoms with E-state index in [-0.39, 0.29) is 23.2 Å². The van der Waals surface area contributed by atoms with Crippen molar-refractivity contribution in [3.63, 3.8) is 0 Å². The largest absolute Gasteiger partial charge is 0.507 e. The summed E-state index contributed by atoms with van der Waals surface area (Å²) in [6.45, 7) is 21.3. The third-order valence-corrected chi connectivity index (χ3v) is 8.21. The zero-order chi connectivity index (χ0) is 30.5. The van der Waals surface area contributed by atoms with Crippen molar-refractivity contribution < 1.29 is 29.5 Å². The lowest BCUT2D eigenvalue weighted by Gasteiger charge is -2.54. The van der Waals surface area contributed by atoms with Crippen LogP contribution in [0.1, 0.15) is 86.8 Å². The third-order valence-electron chi connectivity index (χ3n) is 8.21. The Hall–Kier alpha value is -3.03. The van der Waals surface area contributed by atoms with E-state index in [1.165, 1.54) is 0 Å². The molecule has 0 aliphatic carbocycles. The van der Waals surface area contributed by atoms with Gasteiger partial charge >= 0.3 is 5.97 Å². The Bertz CT molecular complexity index is 1180. The van der Waals surface area contributed by atoms with Gasteiger partial charge in [-0.3, -0.25) is 9.69 Å². The summed E-state index contributed by atoms with van der Waals surface area (Å²) < 4.78 is 5.62. The van der Waals surface area contributed by atoms with Gasteiger partial charge in [0.15, 0.2) is 0 Å². The van der Waals surface area contributed by atoms with Gasteiger partial charge in [-0.05, 0) is 114 Å². The maximum absolute atomic E-state index is 12.5. The number of carbonyl (C=O) groups excluding carboxylic acids is 1. The molecule has 1 aliphatic rings. The van der Waals surface area contributed by atoms with Gasteiger partial charge in [0, 0.05) is 30.5 Å². The van der Waals surface area contributed by atoms with E-state index in [1.54, 1.807) is 0 Å². The molecule has 0 radical (unpaired) electrons. The molecule has 7 heteroatoms. The van der Waals surface area contributed by atoms with Crippen LogP contribution in [0.25, 0.3) is 0 Å². The Kier molecular flexibility index (Phi) is 10.5. The van der Waals surface area contributed by atoms with Crippen LogP contribution in [0.4, 0.5) is 0 Å². The molecule has 0 aromatic heterocycles. The van der Waals surface area contributed by atoms with Crippen LogP contribution in [0, 0.1) is 27.7 Å². The Morgan fingerprint density at radius 1 is 0.854 bits per heavy atom. The van der Waals surface area contributed by atoms with Gasteiger partial charge in [-0.25, -0.2) is 0 Å². The summed E-state index contributed by atoms with van der Waals surface area (Å²) in [5, 5.41) is 20.0. The van der Waals surface area contributed by atoms with Crippen LogP contribution < -0.4 is 0 Å². The summed E-state index contributed by atoms with van der Waals surface area (Å²) in [5.41, 5.74) is 5.15. The van der Waals surface area contributed by atoms with Crippen LogP contribution in [-0.4, -0.2) is 51.4 Å². The van der Waals surface area contributed by atoms with Gasteiger partial charge in [-0.1, -0.05) is 30.8 Å². The Morgan fingerprint density at radius 2 is 1.29 bits per heavy atom. The van der Waals surface area contributed by atoms with Gasteiger partial charge in [0.2, 0.25) is 0 Å². The summed E-state index contributed by atoms with van der Waals surface area (Å²) in [7, 11) is 0. The number of piperidine rings is 1. The number of allylic oxidation sites excluding steroid dienone is 1. The van der Waals surface area contributed by atoms with Crippen molar-refractivity contribution in [2.45, 2.75) is 111 Å². The van der Waals surface area contributed by atoms with Gasteiger partial charge in [-0.15, -0.1) is 0 Å². The molecule has 0 saturated carbocycles. The molecule has 1 fully saturated rings. The molecule has 0 amide bonds. The maximum atomic E-state index is 12.5. The van der Waals surface area contributed by atoms with E-state index >= 15 is 0 Å². The fourth-order valence-corrected chi connectivity index (χ4v) is 6.31. The molecular formula is C34H49NO6. The SMILES string of the molecule is C=C(CCc1cc(C)c(O)c(C)c1)OOC1CC(C)(C)N(CCOC(=O)CCc2cc(C)c(O)c(C)c2)C(C)(C)C1. The molecule has 2 aromatic carbocycles. The third kappa shape index (κ3) is 8.73. The first-order valence-corrected chi connectivity index (χ1v) is 14.6. The van der Waals surface area contributed by atoms with E-state index < -0.39 is 0 Å². The highest BCUT2D eigenvalue weighted by Crippen LogP contribution is 2.39. The average Bonchev–Trinajstić information content (AvgIpc) is 2.87. The highest BCUT2D eigenvalue weighted by molar-refractivity contribution is 5.69. The van der Waals surface area contributed by atoms with Crippen LogP contribution in [0.15, 0.2) is 36.6 Å². The fraction of sp³-hybridized carbons (Fsp3) is 0.559. The van der Waals surface area contributed by atoms with Crippen LogP contribution in [0.3, 0.4) is 0 Å². The van der Waals surface area contributed by atoms with Crippen LogP contribution in [-0.2, 0) is 32.1 Å². The zero-order valence-corrected chi connectivity index (χ0v) is 26.2. The number of benzene rings is 2. The minimum absolute atomic E-state index is 0.0917. The lowest BCUT2D eigenvalue weighted by atomic mass is 9.78. The lowest BCUT2D eigenvalue weighted by molar-refractivity contribution is -0.315. The predicted octanol–water partition coefficient (Wildman–Crippen LogP) is 6.92. The highest BCUT2D eigenvalue weighted by Gasteiger charge is 2.46. The topological polar surface area (TPSA) is 88.5 Å². The summed E-state index contributed by atoms with van der Waals surface area (Å²) >= 11 is 0. The summed E-state index contributed by atoms with van der Waals surface area (Å²) in [6.07, 6.45) is 3.73. The molecular weight excluding hydrogens is 518 g/mol. The van der Waals surface area contributed by atoms with Crippen LogP contribution in [0.5, 0.6) is 11.5 Å². The molecule has 2 aromatic rings. The number of aromatic hydroxyl groups is 2. The van der Waals surface area contributed by atoms with Crippen LogP contribution >= 0.6 is 0 Å². The molecule has 0 bridgehead atoms. The van der Waals surface area contributed by atoms with E-state index in [1.807, 2.05) is 52.0 Å². The second kappa shape index (κ2) is 13.3. The van der Waals surface area contributed by atoms with E-state index in [2.05, 4.69) is 39.2 Å². The number of hydrogen-bond acceptors (Lipinski definition) is 7. The standard InChI is InChI=1S/C34H49NO6/c1-22-16-27(17-23(2)31(22)37)11-10-26(5)40-41-29-20-33(6,7)35(34(8,9)21-29)14-15-39-30(36)13-12-28-18-24(3)32(38)25(4)19-28/h16-19,29,37-38H,5,10-15,20-21H2,1-4,6-9H3. The van der Waals surface area contributed by atoms with E-state index in [4.69, 9.17) is 14.5 Å². The quantitative estimate of drug-likeness (QED) is 0.125. The molecule has 41 heavy (non-hydrogen) atoms. The summed E-state index contributed by atoms with van der Waals surface area (Å²) in [6, 6.07) is 7.82. The molecule has 0 spiro atoms. The smallest absolute Gasteiger partial charge is 0.306 e. The molecule has 7 nitrogen and oxygen atoms in total. The van der Waals surface area contributed by atoms with Gasteiger partial charge in [0.25, 0.3) is 0 Å². The number of carbonyl (C=O) groups is 1. The van der Waals surface area contributed by atoms with Crippen molar-refractivity contribution >= 4 is 5.97 Å². The van der Waals surface area contributed by atoms with Crippen molar-refractivity contribution in [3.8, 4) is 11.5 Å². The number of rotatable bonds is 12. The van der Waals surface area contributed by atoms with Gasteiger partial charge in [-0.2, -0.15) is 4.89 Å². The Morgan fingerprint density at radius 3 is 1.76 bits per heavy atom. The predicted molar refractivity (Wildman–Crippen MR) is 162 cm³/mol. The molecule has 0 unspecified atom stereocenters. The monoisotopic (exact) mass is 567 g/mol. The normalized spacial score (nSPS) is 16.9. The molecule has 1 aliphatic heterocycles. The highest BCUT2D eigenvalue weighted by atomic mass is 17.2. The number of phenols is 2. The average molecular weight is 568 g/mol. The Labute approximate surface area is 246 Å². The number of likely N-dealkylation sites (tertiary alicyclic amines) is 1. The van der Waals surface area contributed by atoms with E-state index in [0.717, 1.165) is 52.6 Å². The number of esters is 1. The zero-order valence-electron chi connectivity index (χ0n) is 26.2. The number of aryl methyl sites for hydroxylation is 6. The van der Waals surface area contributed by atoms with Crippen LogP contribution in [0.2, 0.25) is 0 Å². The fourth-order valence-electron chi connectivity index (χ4n) is 6.31. The van der Waals surface area contributed by atoms with E-state index in [9.17, 15) is 15.0 Å². The number of nitrogens with zero attached hydrogens (tertiary/aromatic N) is 1. The maximum Gasteiger partial charge on any atom is 0.306 e. The van der Waals surface area contributed by atoms with Crippen molar-refractivity contribution in [2.24, 2.45) is 0 Å². The molecule has 1 saturated heterocycles. The van der Waals surface area contributed by atoms with Crippen molar-refractivity contribution in [1.82, 2.24) is 4.90 Å². The number of ether oxygens (including phenoxy) is 1. The molecule has 3 rings (SSSR count). The Balaban J connectivity index is 1.44. The first-order valence-electron chi connectivity index (χ1n) is 14.6. The minimum atomic E-state index is -0.216.